The van der Waals surface area contributed by atoms with Crippen LogP contribution in [0.25, 0.3) is 0 Å². The molecule has 0 saturated carbocycles. The molecule has 0 aromatic rings. The molecular formula is C11H23N3O. The Hall–Kier alpha value is -0.770. The summed E-state index contributed by atoms with van der Waals surface area (Å²) in [6.45, 7) is 7.03. The lowest BCUT2D eigenvalue weighted by Gasteiger charge is -2.27. The van der Waals surface area contributed by atoms with Crippen LogP contribution in [0.15, 0.2) is 0 Å². The van der Waals surface area contributed by atoms with E-state index in [4.69, 9.17) is 0 Å². The second kappa shape index (κ2) is 5.95. The molecule has 4 nitrogen and oxygen atoms in total. The molecule has 2 amide bonds. The van der Waals surface area contributed by atoms with Crippen LogP contribution in [-0.4, -0.2) is 43.7 Å². The number of nitrogens with zero attached hydrogens (tertiary/aromatic N) is 1. The number of hydrogen-bond acceptors (Lipinski definition) is 2. The van der Waals surface area contributed by atoms with Gasteiger partial charge in [-0.15, -0.1) is 0 Å². The fourth-order valence-corrected chi connectivity index (χ4v) is 2.02. The summed E-state index contributed by atoms with van der Waals surface area (Å²) in [4.78, 5) is 13.5. The predicted octanol–water partition coefficient (Wildman–Crippen LogP) is 1.04. The number of nitrogens with one attached hydrogen (secondary N) is 2. The average molecular weight is 213 g/mol. The van der Waals surface area contributed by atoms with Crippen molar-refractivity contribution in [2.75, 3.05) is 26.7 Å². The molecule has 0 bridgehead atoms. The molecule has 88 valence electrons. The number of hydrogen-bond donors (Lipinski definition) is 2. The Morgan fingerprint density at radius 3 is 2.80 bits per heavy atom. The van der Waals surface area contributed by atoms with Crippen molar-refractivity contribution in [1.29, 1.82) is 0 Å². The van der Waals surface area contributed by atoms with Crippen LogP contribution in [0.2, 0.25) is 0 Å². The van der Waals surface area contributed by atoms with Gasteiger partial charge in [0.2, 0.25) is 0 Å². The zero-order valence-corrected chi connectivity index (χ0v) is 10.0. The Bertz CT molecular complexity index is 200. The summed E-state index contributed by atoms with van der Waals surface area (Å²) in [5.41, 5.74) is 0. The highest BCUT2D eigenvalue weighted by atomic mass is 16.2. The van der Waals surface area contributed by atoms with Crippen LogP contribution in [0.5, 0.6) is 0 Å². The number of rotatable bonds is 4. The van der Waals surface area contributed by atoms with Gasteiger partial charge in [-0.25, -0.2) is 4.79 Å². The third-order valence-electron chi connectivity index (χ3n) is 2.69. The van der Waals surface area contributed by atoms with E-state index in [1.54, 1.807) is 7.05 Å². The molecule has 1 fully saturated rings. The molecule has 4 heteroatoms. The SMILES string of the molecule is CNC(=O)N(CC(C)C)CC1CCCN1. The highest BCUT2D eigenvalue weighted by Gasteiger charge is 2.21. The highest BCUT2D eigenvalue weighted by Crippen LogP contribution is 2.08. The molecule has 1 atom stereocenters. The van der Waals surface area contributed by atoms with E-state index in [1.807, 2.05) is 4.90 Å². The van der Waals surface area contributed by atoms with E-state index >= 15 is 0 Å². The fourth-order valence-electron chi connectivity index (χ4n) is 2.02. The zero-order chi connectivity index (χ0) is 11.3. The van der Waals surface area contributed by atoms with Gasteiger partial charge in [0, 0.05) is 26.2 Å². The summed E-state index contributed by atoms with van der Waals surface area (Å²) in [6, 6.07) is 0.526. The zero-order valence-electron chi connectivity index (χ0n) is 10.0. The summed E-state index contributed by atoms with van der Waals surface area (Å²) in [5, 5.41) is 6.12. The molecule has 0 aliphatic carbocycles. The van der Waals surface area contributed by atoms with Gasteiger partial charge in [0.1, 0.15) is 0 Å². The van der Waals surface area contributed by atoms with Crippen molar-refractivity contribution in [2.45, 2.75) is 32.7 Å². The second-order valence-corrected chi connectivity index (χ2v) is 4.65. The van der Waals surface area contributed by atoms with E-state index in [2.05, 4.69) is 24.5 Å². The van der Waals surface area contributed by atoms with Crippen molar-refractivity contribution in [3.05, 3.63) is 0 Å². The van der Waals surface area contributed by atoms with Crippen LogP contribution in [0, 0.1) is 5.92 Å². The van der Waals surface area contributed by atoms with Crippen molar-refractivity contribution in [3.8, 4) is 0 Å². The first-order valence-corrected chi connectivity index (χ1v) is 5.83. The normalized spacial score (nSPS) is 20.7. The van der Waals surface area contributed by atoms with Gasteiger partial charge in [-0.3, -0.25) is 0 Å². The lowest BCUT2D eigenvalue weighted by molar-refractivity contribution is 0.187. The minimum absolute atomic E-state index is 0.0393. The number of carbonyl (C=O) groups is 1. The van der Waals surface area contributed by atoms with E-state index in [9.17, 15) is 4.79 Å². The van der Waals surface area contributed by atoms with Gasteiger partial charge in [0.15, 0.2) is 0 Å². The summed E-state index contributed by atoms with van der Waals surface area (Å²) < 4.78 is 0. The molecule has 1 saturated heterocycles. The Labute approximate surface area is 92.4 Å². The van der Waals surface area contributed by atoms with Crippen molar-refractivity contribution < 1.29 is 4.79 Å². The third-order valence-corrected chi connectivity index (χ3v) is 2.69. The van der Waals surface area contributed by atoms with Gasteiger partial charge in [0.25, 0.3) is 0 Å². The monoisotopic (exact) mass is 213 g/mol. The molecule has 0 aromatic heterocycles. The Balaban J connectivity index is 2.43. The molecule has 0 spiro atoms. The largest absolute Gasteiger partial charge is 0.341 e. The molecule has 15 heavy (non-hydrogen) atoms. The maximum atomic E-state index is 11.6. The van der Waals surface area contributed by atoms with E-state index in [0.717, 1.165) is 19.6 Å². The first-order chi connectivity index (χ1) is 7.13. The van der Waals surface area contributed by atoms with Crippen LogP contribution < -0.4 is 10.6 Å². The minimum Gasteiger partial charge on any atom is -0.341 e. The van der Waals surface area contributed by atoms with Crippen LogP contribution in [0.4, 0.5) is 4.79 Å². The van der Waals surface area contributed by atoms with Gasteiger partial charge in [-0.2, -0.15) is 0 Å². The van der Waals surface area contributed by atoms with Crippen molar-refractivity contribution >= 4 is 6.03 Å². The molecule has 0 radical (unpaired) electrons. The minimum atomic E-state index is 0.0393. The predicted molar refractivity (Wildman–Crippen MR) is 61.9 cm³/mol. The van der Waals surface area contributed by atoms with Crippen molar-refractivity contribution in [1.82, 2.24) is 15.5 Å². The fraction of sp³-hybridized carbons (Fsp3) is 0.909. The first kappa shape index (κ1) is 12.3. The maximum Gasteiger partial charge on any atom is 0.317 e. The van der Waals surface area contributed by atoms with Crippen LogP contribution >= 0.6 is 0 Å². The van der Waals surface area contributed by atoms with Gasteiger partial charge in [-0.1, -0.05) is 13.8 Å². The smallest absolute Gasteiger partial charge is 0.317 e. The van der Waals surface area contributed by atoms with Crippen molar-refractivity contribution in [3.63, 3.8) is 0 Å². The second-order valence-electron chi connectivity index (χ2n) is 4.65. The molecule has 1 unspecified atom stereocenters. The molecule has 1 heterocycles. The number of urea groups is 1. The lowest BCUT2D eigenvalue weighted by Crippen LogP contribution is -2.46. The van der Waals surface area contributed by atoms with E-state index in [0.29, 0.717) is 12.0 Å². The van der Waals surface area contributed by atoms with Gasteiger partial charge in [-0.05, 0) is 25.3 Å². The molecular weight excluding hydrogens is 190 g/mol. The van der Waals surface area contributed by atoms with Crippen LogP contribution in [-0.2, 0) is 0 Å². The number of amides is 2. The standard InChI is InChI=1S/C11H23N3O/c1-9(2)7-14(11(15)12-3)8-10-5-4-6-13-10/h9-10,13H,4-8H2,1-3H3,(H,12,15). The number of carbonyl (C=O) groups excluding carboxylic acids is 1. The van der Waals surface area contributed by atoms with E-state index < -0.39 is 0 Å². The van der Waals surface area contributed by atoms with Crippen LogP contribution in [0.3, 0.4) is 0 Å². The lowest BCUT2D eigenvalue weighted by atomic mass is 10.1. The third kappa shape index (κ3) is 4.08. The molecule has 1 aliphatic heterocycles. The first-order valence-electron chi connectivity index (χ1n) is 5.83. The van der Waals surface area contributed by atoms with Gasteiger partial charge >= 0.3 is 6.03 Å². The summed E-state index contributed by atoms with van der Waals surface area (Å²) in [5.74, 6) is 0.517. The summed E-state index contributed by atoms with van der Waals surface area (Å²) in [6.07, 6.45) is 2.42. The highest BCUT2D eigenvalue weighted by molar-refractivity contribution is 5.73. The molecule has 0 aromatic carbocycles. The molecule has 1 aliphatic rings. The quantitative estimate of drug-likeness (QED) is 0.733. The van der Waals surface area contributed by atoms with Gasteiger partial charge in [0.05, 0.1) is 0 Å². The maximum absolute atomic E-state index is 11.6. The van der Waals surface area contributed by atoms with Crippen LogP contribution in [0.1, 0.15) is 26.7 Å². The van der Waals surface area contributed by atoms with Gasteiger partial charge < -0.3 is 15.5 Å². The Kier molecular flexibility index (Phi) is 4.88. The Morgan fingerprint density at radius 1 is 1.60 bits per heavy atom. The molecule has 2 N–H and O–H groups in total. The van der Waals surface area contributed by atoms with E-state index in [-0.39, 0.29) is 6.03 Å². The van der Waals surface area contributed by atoms with E-state index in [1.165, 1.54) is 12.8 Å². The summed E-state index contributed by atoms with van der Waals surface area (Å²) in [7, 11) is 1.69. The van der Waals surface area contributed by atoms with Crippen molar-refractivity contribution in [2.24, 2.45) is 5.92 Å². The molecule has 1 rings (SSSR count). The Morgan fingerprint density at radius 2 is 2.33 bits per heavy atom. The summed E-state index contributed by atoms with van der Waals surface area (Å²) >= 11 is 0. The average Bonchev–Trinajstić information content (AvgIpc) is 2.67. The topological polar surface area (TPSA) is 44.4 Å².